The van der Waals surface area contributed by atoms with Gasteiger partial charge in [-0.1, -0.05) is 85.0 Å². The Kier molecular flexibility index (Phi) is 7.65. The Bertz CT molecular complexity index is 585. The van der Waals surface area contributed by atoms with Crippen LogP contribution >= 0.6 is 0 Å². The lowest BCUT2D eigenvalue weighted by Crippen LogP contribution is -2.41. The normalized spacial score (nSPS) is 12.2. The molecule has 0 unspecified atom stereocenters. The van der Waals surface area contributed by atoms with Crippen molar-refractivity contribution in [2.45, 2.75) is 6.55 Å². The van der Waals surface area contributed by atoms with Crippen molar-refractivity contribution in [2.75, 3.05) is 20.3 Å². The molecule has 0 fully saturated rings. The lowest BCUT2D eigenvalue weighted by molar-refractivity contribution is 0.105. The van der Waals surface area contributed by atoms with Crippen LogP contribution in [0.4, 0.5) is 0 Å². The molecule has 2 aromatic rings. The van der Waals surface area contributed by atoms with Crippen molar-refractivity contribution in [1.29, 1.82) is 0 Å². The Hall–Kier alpha value is -1.98. The van der Waals surface area contributed by atoms with Gasteiger partial charge in [-0.2, -0.15) is 0 Å². The molecule has 0 amide bonds. The van der Waals surface area contributed by atoms with Crippen LogP contribution in [0.2, 0.25) is 6.55 Å². The second kappa shape index (κ2) is 10.0. The Morgan fingerprint density at radius 2 is 1.17 bits per heavy atom. The van der Waals surface area contributed by atoms with Crippen molar-refractivity contribution in [3.63, 3.8) is 0 Å². The fraction of sp³-hybridized carbons (Fsp3) is 0.200. The minimum atomic E-state index is -2.60. The van der Waals surface area contributed by atoms with Gasteiger partial charge in [-0.15, -0.1) is 0 Å². The zero-order chi connectivity index (χ0) is 17.1. The van der Waals surface area contributed by atoms with E-state index >= 15 is 0 Å². The molecule has 0 radical (unpaired) electrons. The topological polar surface area (TPSA) is 27.7 Å². The Morgan fingerprint density at radius 1 is 0.750 bits per heavy atom. The zero-order valence-corrected chi connectivity index (χ0v) is 15.2. The molecule has 2 aromatic carbocycles. The summed E-state index contributed by atoms with van der Waals surface area (Å²) in [5.41, 5.74) is 2.29. The molecule has 0 atom stereocenters. The average molecular weight is 340 g/mol. The molecular formula is C20H24O3Si. The molecular weight excluding hydrogens is 316 g/mol. The molecule has 0 saturated carbocycles. The second-order valence-electron chi connectivity index (χ2n) is 5.31. The fourth-order valence-corrected chi connectivity index (χ4v) is 3.17. The monoisotopic (exact) mass is 340 g/mol. The Balaban J connectivity index is 1.76. The van der Waals surface area contributed by atoms with E-state index in [-0.39, 0.29) is 0 Å². The quantitative estimate of drug-likeness (QED) is 0.621. The van der Waals surface area contributed by atoms with Crippen LogP contribution in [-0.2, 0) is 13.3 Å². The second-order valence-corrected chi connectivity index (χ2v) is 8.02. The molecule has 0 heterocycles. The van der Waals surface area contributed by atoms with Crippen LogP contribution in [-0.4, -0.2) is 29.1 Å². The molecule has 0 spiro atoms. The highest BCUT2D eigenvalue weighted by atomic mass is 28.4. The summed E-state index contributed by atoms with van der Waals surface area (Å²) in [7, 11) is -0.969. The van der Waals surface area contributed by atoms with Crippen LogP contribution in [0, 0.1) is 0 Å². The maximum absolute atomic E-state index is 5.83. The predicted octanol–water partition coefficient (Wildman–Crippen LogP) is 4.66. The third-order valence-electron chi connectivity index (χ3n) is 3.47. The van der Waals surface area contributed by atoms with E-state index in [9.17, 15) is 0 Å². The van der Waals surface area contributed by atoms with Crippen molar-refractivity contribution in [3.05, 3.63) is 83.9 Å². The minimum absolute atomic E-state index is 0.466. The SMILES string of the molecule is CO[Si](C)(OC/C=C/c1ccccc1)OC/C=C/c1ccccc1. The van der Waals surface area contributed by atoms with Gasteiger partial charge in [0.05, 0.1) is 13.2 Å². The van der Waals surface area contributed by atoms with E-state index in [0.29, 0.717) is 13.2 Å². The summed E-state index contributed by atoms with van der Waals surface area (Å²) in [6.45, 7) is 2.83. The van der Waals surface area contributed by atoms with Crippen LogP contribution in [0.25, 0.3) is 12.2 Å². The molecule has 0 aliphatic heterocycles. The van der Waals surface area contributed by atoms with Gasteiger partial charge in [0.25, 0.3) is 0 Å². The summed E-state index contributed by atoms with van der Waals surface area (Å²) < 4.78 is 17.1. The van der Waals surface area contributed by atoms with E-state index in [2.05, 4.69) is 0 Å². The van der Waals surface area contributed by atoms with Crippen LogP contribution in [0.5, 0.6) is 0 Å². The molecule has 126 valence electrons. The summed E-state index contributed by atoms with van der Waals surface area (Å²) in [6.07, 6.45) is 8.01. The molecule has 0 N–H and O–H groups in total. The molecule has 0 aliphatic carbocycles. The Morgan fingerprint density at radius 3 is 1.54 bits per heavy atom. The molecule has 0 aromatic heterocycles. The number of hydrogen-bond acceptors (Lipinski definition) is 3. The van der Waals surface area contributed by atoms with Gasteiger partial charge in [-0.05, 0) is 11.1 Å². The van der Waals surface area contributed by atoms with Crippen LogP contribution in [0.3, 0.4) is 0 Å². The number of hydrogen-bond donors (Lipinski definition) is 0. The molecule has 2 rings (SSSR count). The summed E-state index contributed by atoms with van der Waals surface area (Å²) in [4.78, 5) is 0. The van der Waals surface area contributed by atoms with Gasteiger partial charge in [-0.3, -0.25) is 0 Å². The highest BCUT2D eigenvalue weighted by Gasteiger charge is 2.32. The number of rotatable bonds is 9. The number of benzene rings is 2. The maximum atomic E-state index is 5.83. The van der Waals surface area contributed by atoms with Crippen molar-refractivity contribution in [3.8, 4) is 0 Å². The summed E-state index contributed by atoms with van der Waals surface area (Å²) in [6, 6.07) is 20.2. The van der Waals surface area contributed by atoms with Crippen LogP contribution in [0.15, 0.2) is 72.8 Å². The van der Waals surface area contributed by atoms with Crippen molar-refractivity contribution in [2.24, 2.45) is 0 Å². The first kappa shape index (κ1) is 18.4. The molecule has 0 aliphatic rings. The third kappa shape index (κ3) is 6.64. The molecule has 0 bridgehead atoms. The largest absolute Gasteiger partial charge is 0.497 e. The minimum Gasteiger partial charge on any atom is -0.377 e. The van der Waals surface area contributed by atoms with E-state index in [0.717, 1.165) is 11.1 Å². The van der Waals surface area contributed by atoms with Gasteiger partial charge >= 0.3 is 8.80 Å². The van der Waals surface area contributed by atoms with E-state index in [4.69, 9.17) is 13.3 Å². The molecule has 3 nitrogen and oxygen atoms in total. The van der Waals surface area contributed by atoms with Gasteiger partial charge in [0.2, 0.25) is 0 Å². The summed E-state index contributed by atoms with van der Waals surface area (Å²) in [5.74, 6) is 0. The predicted molar refractivity (Wildman–Crippen MR) is 101 cm³/mol. The van der Waals surface area contributed by atoms with Crippen molar-refractivity contribution >= 4 is 21.0 Å². The summed E-state index contributed by atoms with van der Waals surface area (Å²) >= 11 is 0. The van der Waals surface area contributed by atoms with Gasteiger partial charge in [0.1, 0.15) is 0 Å². The van der Waals surface area contributed by atoms with Gasteiger partial charge in [0, 0.05) is 13.7 Å². The smallest absolute Gasteiger partial charge is 0.377 e. The first-order chi connectivity index (χ1) is 11.7. The Labute approximate surface area is 145 Å². The van der Waals surface area contributed by atoms with Gasteiger partial charge in [0.15, 0.2) is 0 Å². The first-order valence-electron chi connectivity index (χ1n) is 7.98. The van der Waals surface area contributed by atoms with Crippen molar-refractivity contribution in [1.82, 2.24) is 0 Å². The molecule has 0 saturated heterocycles. The highest BCUT2D eigenvalue weighted by Crippen LogP contribution is 2.10. The fourth-order valence-electron chi connectivity index (χ4n) is 2.06. The zero-order valence-electron chi connectivity index (χ0n) is 14.2. The lowest BCUT2D eigenvalue weighted by atomic mass is 10.2. The van der Waals surface area contributed by atoms with Gasteiger partial charge in [-0.25, -0.2) is 0 Å². The van der Waals surface area contributed by atoms with Gasteiger partial charge < -0.3 is 13.3 Å². The van der Waals surface area contributed by atoms with E-state index in [1.807, 2.05) is 91.5 Å². The highest BCUT2D eigenvalue weighted by molar-refractivity contribution is 6.59. The van der Waals surface area contributed by atoms with Crippen LogP contribution in [0.1, 0.15) is 11.1 Å². The standard InChI is InChI=1S/C20H24O3Si/c1-21-24(2,22-17-9-15-19-11-5-3-6-12-19)23-18-10-16-20-13-7-4-8-14-20/h3-16H,17-18H2,1-2H3/b15-9+,16-10+. The molecule has 24 heavy (non-hydrogen) atoms. The van der Waals surface area contributed by atoms with Crippen molar-refractivity contribution < 1.29 is 13.3 Å². The van der Waals surface area contributed by atoms with E-state index in [1.165, 1.54) is 0 Å². The molecule has 4 heteroatoms. The first-order valence-corrected chi connectivity index (χ1v) is 10.2. The third-order valence-corrected chi connectivity index (χ3v) is 5.60. The lowest BCUT2D eigenvalue weighted by Gasteiger charge is -2.22. The summed E-state index contributed by atoms with van der Waals surface area (Å²) in [5, 5.41) is 0. The van der Waals surface area contributed by atoms with E-state index in [1.54, 1.807) is 7.11 Å². The average Bonchev–Trinajstić information content (AvgIpc) is 2.64. The van der Waals surface area contributed by atoms with Crippen LogP contribution < -0.4 is 0 Å². The van der Waals surface area contributed by atoms with E-state index < -0.39 is 8.80 Å². The maximum Gasteiger partial charge on any atom is 0.497 e.